The second kappa shape index (κ2) is 10.3. The summed E-state index contributed by atoms with van der Waals surface area (Å²) in [5, 5.41) is 2.73. The largest absolute Gasteiger partial charge is 0.489 e. The van der Waals surface area contributed by atoms with Crippen LogP contribution in [0.1, 0.15) is 12.5 Å². The number of anilines is 2. The Balaban J connectivity index is 1.45. The van der Waals surface area contributed by atoms with Crippen molar-refractivity contribution in [3.05, 3.63) is 88.0 Å². The molecule has 0 aliphatic heterocycles. The summed E-state index contributed by atoms with van der Waals surface area (Å²) in [5.41, 5.74) is 2.66. The predicted octanol–water partition coefficient (Wildman–Crippen LogP) is 4.07. The van der Waals surface area contributed by atoms with E-state index in [1.54, 1.807) is 47.0 Å². The molecule has 35 heavy (non-hydrogen) atoms. The minimum atomic E-state index is -3.72. The summed E-state index contributed by atoms with van der Waals surface area (Å²) >= 11 is 1.10. The number of rotatable bonds is 9. The highest BCUT2D eigenvalue weighted by Crippen LogP contribution is 2.24. The van der Waals surface area contributed by atoms with Crippen molar-refractivity contribution in [1.29, 1.82) is 0 Å². The standard InChI is InChI=1S/C25H25N3O5S2/c1-3-27-22-14-9-19(15-23(22)34-25(27)30)26-24(29)16-28(35(2,31)32)20-10-12-21(13-11-20)33-17-18-7-5-4-6-8-18/h4-15H,3,16-17H2,1-2H3,(H,26,29). The molecule has 1 N–H and O–H groups in total. The number of benzene rings is 3. The molecule has 0 saturated heterocycles. The van der Waals surface area contributed by atoms with Crippen LogP contribution in [0.2, 0.25) is 0 Å². The molecule has 1 aromatic heterocycles. The van der Waals surface area contributed by atoms with Crippen molar-refractivity contribution in [1.82, 2.24) is 4.57 Å². The van der Waals surface area contributed by atoms with Gasteiger partial charge in [0.15, 0.2) is 0 Å². The summed E-state index contributed by atoms with van der Waals surface area (Å²) in [7, 11) is -3.72. The second-order valence-corrected chi connectivity index (χ2v) is 10.8. The zero-order valence-corrected chi connectivity index (χ0v) is 20.9. The van der Waals surface area contributed by atoms with E-state index in [9.17, 15) is 18.0 Å². The summed E-state index contributed by atoms with van der Waals surface area (Å²) in [5.74, 6) is 0.0864. The number of aryl methyl sites for hydroxylation is 1. The van der Waals surface area contributed by atoms with Crippen molar-refractivity contribution in [3.8, 4) is 5.75 Å². The summed E-state index contributed by atoms with van der Waals surface area (Å²) in [6.07, 6.45) is 1.05. The molecule has 0 unspecified atom stereocenters. The molecule has 10 heteroatoms. The van der Waals surface area contributed by atoms with Crippen LogP contribution in [0.5, 0.6) is 5.75 Å². The van der Waals surface area contributed by atoms with Gasteiger partial charge in [-0.3, -0.25) is 18.5 Å². The van der Waals surface area contributed by atoms with Gasteiger partial charge in [0.2, 0.25) is 15.9 Å². The Labute approximate surface area is 207 Å². The molecule has 0 radical (unpaired) electrons. The number of hydrogen-bond donors (Lipinski definition) is 1. The van der Waals surface area contributed by atoms with E-state index in [1.807, 2.05) is 37.3 Å². The van der Waals surface area contributed by atoms with Crippen molar-refractivity contribution in [2.45, 2.75) is 20.1 Å². The number of carbonyl (C=O) groups is 1. The Bertz CT molecular complexity index is 1490. The van der Waals surface area contributed by atoms with E-state index in [-0.39, 0.29) is 4.87 Å². The van der Waals surface area contributed by atoms with Gasteiger partial charge >= 0.3 is 4.87 Å². The third-order valence-electron chi connectivity index (χ3n) is 5.33. The van der Waals surface area contributed by atoms with Crippen LogP contribution >= 0.6 is 11.3 Å². The first-order valence-electron chi connectivity index (χ1n) is 10.9. The van der Waals surface area contributed by atoms with Crippen molar-refractivity contribution >= 4 is 48.9 Å². The molecule has 182 valence electrons. The zero-order chi connectivity index (χ0) is 25.0. The highest BCUT2D eigenvalue weighted by molar-refractivity contribution is 7.92. The van der Waals surface area contributed by atoms with E-state index >= 15 is 0 Å². The molecule has 0 aliphatic carbocycles. The van der Waals surface area contributed by atoms with Gasteiger partial charge in [-0.1, -0.05) is 41.7 Å². The summed E-state index contributed by atoms with van der Waals surface area (Å²) < 4.78 is 34.1. The van der Waals surface area contributed by atoms with Gasteiger partial charge < -0.3 is 10.1 Å². The Hall–Kier alpha value is -3.63. The number of ether oxygens (including phenoxy) is 1. The van der Waals surface area contributed by atoms with Crippen LogP contribution < -0.4 is 19.2 Å². The monoisotopic (exact) mass is 511 g/mol. The molecule has 4 rings (SSSR count). The number of sulfonamides is 1. The topological polar surface area (TPSA) is 97.7 Å². The lowest BCUT2D eigenvalue weighted by Gasteiger charge is -2.22. The van der Waals surface area contributed by atoms with Crippen LogP contribution in [0.3, 0.4) is 0 Å². The predicted molar refractivity (Wildman–Crippen MR) is 140 cm³/mol. The van der Waals surface area contributed by atoms with Crippen LogP contribution in [0.25, 0.3) is 10.2 Å². The lowest BCUT2D eigenvalue weighted by atomic mass is 10.2. The normalized spacial score (nSPS) is 11.4. The van der Waals surface area contributed by atoms with Crippen LogP contribution in [-0.2, 0) is 28.0 Å². The molecule has 0 aliphatic rings. The van der Waals surface area contributed by atoms with Crippen LogP contribution in [0.4, 0.5) is 11.4 Å². The van der Waals surface area contributed by atoms with E-state index < -0.39 is 22.5 Å². The highest BCUT2D eigenvalue weighted by Gasteiger charge is 2.21. The van der Waals surface area contributed by atoms with Gasteiger partial charge in [-0.25, -0.2) is 8.42 Å². The average Bonchev–Trinajstić information content (AvgIpc) is 3.15. The molecule has 0 bridgehead atoms. The van der Waals surface area contributed by atoms with Gasteiger partial charge in [-0.05, 0) is 55.0 Å². The fraction of sp³-hybridized carbons (Fsp3) is 0.200. The Morgan fingerprint density at radius 2 is 1.77 bits per heavy atom. The van der Waals surface area contributed by atoms with E-state index in [0.29, 0.717) is 30.3 Å². The molecule has 1 amide bonds. The van der Waals surface area contributed by atoms with Crippen molar-refractivity contribution < 1.29 is 17.9 Å². The maximum absolute atomic E-state index is 12.7. The quantitative estimate of drug-likeness (QED) is 0.365. The van der Waals surface area contributed by atoms with Crippen molar-refractivity contribution in [3.63, 3.8) is 0 Å². The third-order valence-corrected chi connectivity index (χ3v) is 7.41. The maximum atomic E-state index is 12.7. The number of amides is 1. The molecule has 0 spiro atoms. The number of nitrogens with zero attached hydrogens (tertiary/aromatic N) is 2. The fourth-order valence-electron chi connectivity index (χ4n) is 3.62. The van der Waals surface area contributed by atoms with Gasteiger partial charge in [-0.15, -0.1) is 0 Å². The Morgan fingerprint density at radius 1 is 1.06 bits per heavy atom. The lowest BCUT2D eigenvalue weighted by molar-refractivity contribution is -0.114. The summed E-state index contributed by atoms with van der Waals surface area (Å²) in [6.45, 7) is 2.45. The number of hydrogen-bond acceptors (Lipinski definition) is 6. The van der Waals surface area contributed by atoms with Crippen LogP contribution in [0, 0.1) is 0 Å². The number of thiazole rings is 1. The smallest absolute Gasteiger partial charge is 0.308 e. The zero-order valence-electron chi connectivity index (χ0n) is 19.3. The molecule has 4 aromatic rings. The first-order valence-corrected chi connectivity index (χ1v) is 13.6. The highest BCUT2D eigenvalue weighted by atomic mass is 32.2. The third kappa shape index (κ3) is 5.90. The van der Waals surface area contributed by atoms with Crippen molar-refractivity contribution in [2.24, 2.45) is 0 Å². The van der Waals surface area contributed by atoms with Gasteiger partial charge in [0.1, 0.15) is 18.9 Å². The van der Waals surface area contributed by atoms with Gasteiger partial charge in [-0.2, -0.15) is 0 Å². The molecule has 8 nitrogen and oxygen atoms in total. The van der Waals surface area contributed by atoms with E-state index in [2.05, 4.69) is 5.32 Å². The molecule has 3 aromatic carbocycles. The molecule has 1 heterocycles. The average molecular weight is 512 g/mol. The first-order chi connectivity index (χ1) is 16.7. The summed E-state index contributed by atoms with van der Waals surface area (Å²) in [6, 6.07) is 21.4. The maximum Gasteiger partial charge on any atom is 0.308 e. The summed E-state index contributed by atoms with van der Waals surface area (Å²) in [4.78, 5) is 24.7. The number of nitrogens with one attached hydrogen (secondary N) is 1. The molecular formula is C25H25N3O5S2. The fourth-order valence-corrected chi connectivity index (χ4v) is 5.47. The molecule has 0 saturated carbocycles. The Morgan fingerprint density at radius 3 is 2.43 bits per heavy atom. The number of aromatic nitrogens is 1. The van der Waals surface area contributed by atoms with Gasteiger partial charge in [0.25, 0.3) is 0 Å². The molecule has 0 atom stereocenters. The SMILES string of the molecule is CCn1c(=O)sc2cc(NC(=O)CN(c3ccc(OCc4ccccc4)cc3)S(C)(=O)=O)ccc21. The minimum absolute atomic E-state index is 0.0644. The second-order valence-electron chi connectivity index (χ2n) is 7.88. The first kappa shape index (κ1) is 24.5. The van der Waals surface area contributed by atoms with Gasteiger partial charge in [0, 0.05) is 12.2 Å². The molecule has 0 fully saturated rings. The lowest BCUT2D eigenvalue weighted by Crippen LogP contribution is -2.37. The number of carbonyl (C=O) groups excluding carboxylic acids is 1. The van der Waals surface area contributed by atoms with Gasteiger partial charge in [0.05, 0.1) is 22.2 Å². The van der Waals surface area contributed by atoms with Crippen LogP contribution in [0.15, 0.2) is 77.6 Å². The van der Waals surface area contributed by atoms with E-state index in [0.717, 1.165) is 37.7 Å². The number of fused-ring (bicyclic) bond motifs is 1. The van der Waals surface area contributed by atoms with E-state index in [4.69, 9.17) is 4.74 Å². The Kier molecular flexibility index (Phi) is 7.23. The minimum Gasteiger partial charge on any atom is -0.489 e. The molecular weight excluding hydrogens is 486 g/mol. The van der Waals surface area contributed by atoms with Crippen LogP contribution in [-0.4, -0.2) is 31.7 Å². The van der Waals surface area contributed by atoms with Crippen molar-refractivity contribution in [2.75, 3.05) is 22.4 Å². The van der Waals surface area contributed by atoms with E-state index in [1.165, 1.54) is 0 Å².